The molecule has 1 aliphatic carbocycles. The van der Waals surface area contributed by atoms with Crippen molar-refractivity contribution in [2.24, 2.45) is 11.8 Å². The van der Waals surface area contributed by atoms with Crippen molar-refractivity contribution >= 4 is 17.8 Å². The van der Waals surface area contributed by atoms with Crippen LogP contribution in [0.15, 0.2) is 0 Å². The maximum absolute atomic E-state index is 11.5. The highest BCUT2D eigenvalue weighted by atomic mass is 16.4. The summed E-state index contributed by atoms with van der Waals surface area (Å²) in [6, 6.07) is 0. The Morgan fingerprint density at radius 1 is 1.29 bits per heavy atom. The Balaban J connectivity index is 2.01. The average Bonchev–Trinajstić information content (AvgIpc) is 2.15. The fraction of sp³-hybridized carbons (Fsp3) is 0.667. The molecule has 2 unspecified atom stereocenters. The van der Waals surface area contributed by atoms with Gasteiger partial charge in [0.1, 0.15) is 0 Å². The van der Waals surface area contributed by atoms with E-state index in [0.717, 1.165) is 17.7 Å². The summed E-state index contributed by atoms with van der Waals surface area (Å²) >= 11 is 0. The Morgan fingerprint density at radius 2 is 1.79 bits per heavy atom. The Hall–Kier alpha value is -1.39. The molecule has 5 nitrogen and oxygen atoms in total. The lowest BCUT2D eigenvalue weighted by atomic mass is 9.76. The zero-order valence-corrected chi connectivity index (χ0v) is 7.60. The third-order valence-electron chi connectivity index (χ3n) is 2.99. The van der Waals surface area contributed by atoms with Gasteiger partial charge in [-0.3, -0.25) is 19.3 Å². The van der Waals surface area contributed by atoms with Gasteiger partial charge >= 0.3 is 5.97 Å². The molecule has 1 saturated heterocycles. The summed E-state index contributed by atoms with van der Waals surface area (Å²) in [7, 11) is 0. The number of fused-ring (bicyclic) bond motifs is 1. The topological polar surface area (TPSA) is 74.7 Å². The summed E-state index contributed by atoms with van der Waals surface area (Å²) in [6.45, 7) is 0.0278. The van der Waals surface area contributed by atoms with Crippen molar-refractivity contribution in [2.45, 2.75) is 19.3 Å². The van der Waals surface area contributed by atoms with Gasteiger partial charge in [0.15, 0.2) is 0 Å². The van der Waals surface area contributed by atoms with Gasteiger partial charge in [0.2, 0.25) is 11.8 Å². The predicted molar refractivity (Wildman–Crippen MR) is 45.2 cm³/mol. The minimum atomic E-state index is -0.982. The van der Waals surface area contributed by atoms with E-state index in [1.54, 1.807) is 0 Å². The summed E-state index contributed by atoms with van der Waals surface area (Å²) in [4.78, 5) is 34.4. The van der Waals surface area contributed by atoms with Crippen LogP contribution in [0.5, 0.6) is 0 Å². The molecule has 76 valence electrons. The van der Waals surface area contributed by atoms with Crippen LogP contribution in [0.25, 0.3) is 0 Å². The number of hydrogen-bond acceptors (Lipinski definition) is 3. The molecule has 2 amide bonds. The van der Waals surface area contributed by atoms with Crippen molar-refractivity contribution in [3.8, 4) is 0 Å². The molecule has 1 N–H and O–H groups in total. The average molecular weight is 197 g/mol. The third kappa shape index (κ3) is 1.20. The summed E-state index contributed by atoms with van der Waals surface area (Å²) in [5.41, 5.74) is 0. The van der Waals surface area contributed by atoms with Gasteiger partial charge in [-0.2, -0.15) is 0 Å². The predicted octanol–water partition coefficient (Wildman–Crippen LogP) is -0.144. The van der Waals surface area contributed by atoms with E-state index in [1.807, 2.05) is 0 Å². The SMILES string of the molecule is O=C(O)CCN1C(=O)C2CCC2C1=O. The van der Waals surface area contributed by atoms with Gasteiger partial charge in [0.05, 0.1) is 18.3 Å². The minimum absolute atomic E-state index is 0.0278. The lowest BCUT2D eigenvalue weighted by Gasteiger charge is -2.24. The molecule has 0 aromatic heterocycles. The van der Waals surface area contributed by atoms with E-state index >= 15 is 0 Å². The first-order valence-electron chi connectivity index (χ1n) is 4.68. The minimum Gasteiger partial charge on any atom is -0.481 e. The molecule has 2 rings (SSSR count). The quantitative estimate of drug-likeness (QED) is 0.639. The highest BCUT2D eigenvalue weighted by Gasteiger charge is 2.52. The van der Waals surface area contributed by atoms with E-state index in [-0.39, 0.29) is 36.6 Å². The van der Waals surface area contributed by atoms with E-state index in [9.17, 15) is 14.4 Å². The molecular weight excluding hydrogens is 186 g/mol. The highest BCUT2D eigenvalue weighted by molar-refractivity contribution is 6.06. The molecule has 5 heteroatoms. The smallest absolute Gasteiger partial charge is 0.305 e. The third-order valence-corrected chi connectivity index (χ3v) is 2.99. The van der Waals surface area contributed by atoms with Crippen LogP contribution in [0.1, 0.15) is 19.3 Å². The number of likely N-dealkylation sites (tertiary alicyclic amines) is 1. The number of aliphatic carboxylic acids is 1. The maximum Gasteiger partial charge on any atom is 0.305 e. The molecule has 0 bridgehead atoms. The number of amides is 2. The number of carbonyl (C=O) groups is 3. The summed E-state index contributed by atoms with van der Waals surface area (Å²) < 4.78 is 0. The molecule has 0 radical (unpaired) electrons. The molecule has 1 saturated carbocycles. The van der Waals surface area contributed by atoms with Crippen molar-refractivity contribution in [1.82, 2.24) is 4.90 Å². The number of carboxylic acids is 1. The van der Waals surface area contributed by atoms with Crippen LogP contribution in [0.2, 0.25) is 0 Å². The molecule has 0 spiro atoms. The lowest BCUT2D eigenvalue weighted by Crippen LogP contribution is -2.32. The zero-order chi connectivity index (χ0) is 10.3. The molecule has 14 heavy (non-hydrogen) atoms. The van der Waals surface area contributed by atoms with Crippen molar-refractivity contribution in [2.75, 3.05) is 6.54 Å². The van der Waals surface area contributed by atoms with Crippen molar-refractivity contribution in [3.63, 3.8) is 0 Å². The first-order valence-corrected chi connectivity index (χ1v) is 4.68. The highest BCUT2D eigenvalue weighted by Crippen LogP contribution is 2.42. The van der Waals surface area contributed by atoms with Gasteiger partial charge in [0, 0.05) is 6.54 Å². The van der Waals surface area contributed by atoms with Gasteiger partial charge in [-0.05, 0) is 12.8 Å². The van der Waals surface area contributed by atoms with E-state index < -0.39 is 5.97 Å². The second-order valence-electron chi connectivity index (χ2n) is 3.76. The summed E-state index contributed by atoms with van der Waals surface area (Å²) in [5.74, 6) is -1.61. The number of imide groups is 1. The van der Waals surface area contributed by atoms with Crippen LogP contribution in [-0.2, 0) is 14.4 Å². The monoisotopic (exact) mass is 197 g/mol. The van der Waals surface area contributed by atoms with Gasteiger partial charge < -0.3 is 5.11 Å². The van der Waals surface area contributed by atoms with Gasteiger partial charge in [-0.15, -0.1) is 0 Å². The van der Waals surface area contributed by atoms with Crippen LogP contribution in [-0.4, -0.2) is 34.3 Å². The Labute approximate surface area is 80.7 Å². The number of carboxylic acid groups (broad SMARTS) is 1. The van der Waals surface area contributed by atoms with Gasteiger partial charge in [-0.25, -0.2) is 0 Å². The van der Waals surface area contributed by atoms with E-state index in [1.165, 1.54) is 0 Å². The maximum atomic E-state index is 11.5. The normalized spacial score (nSPS) is 30.1. The number of rotatable bonds is 3. The molecule has 0 aromatic carbocycles. The fourth-order valence-electron chi connectivity index (χ4n) is 2.03. The standard InChI is InChI=1S/C9H11NO4/c11-7(12)3-4-10-8(13)5-1-2-6(5)9(10)14/h5-6H,1-4H2,(H,11,12). The van der Waals surface area contributed by atoms with E-state index in [0.29, 0.717) is 0 Å². The summed E-state index contributed by atoms with van der Waals surface area (Å²) in [6.07, 6.45) is 1.40. The van der Waals surface area contributed by atoms with Crippen LogP contribution in [0.3, 0.4) is 0 Å². The zero-order valence-electron chi connectivity index (χ0n) is 7.60. The Morgan fingerprint density at radius 3 is 2.14 bits per heavy atom. The Kier molecular flexibility index (Phi) is 2.02. The fourth-order valence-corrected chi connectivity index (χ4v) is 2.03. The van der Waals surface area contributed by atoms with Crippen LogP contribution in [0.4, 0.5) is 0 Å². The number of nitrogens with zero attached hydrogens (tertiary/aromatic N) is 1. The van der Waals surface area contributed by atoms with Crippen molar-refractivity contribution < 1.29 is 19.5 Å². The van der Waals surface area contributed by atoms with Crippen molar-refractivity contribution in [3.05, 3.63) is 0 Å². The van der Waals surface area contributed by atoms with E-state index in [2.05, 4.69) is 0 Å². The van der Waals surface area contributed by atoms with Gasteiger partial charge in [-0.1, -0.05) is 0 Å². The molecule has 2 aliphatic rings. The molecular formula is C9H11NO4. The molecule has 2 atom stereocenters. The van der Waals surface area contributed by atoms with Crippen LogP contribution in [0, 0.1) is 11.8 Å². The van der Waals surface area contributed by atoms with E-state index in [4.69, 9.17) is 5.11 Å². The van der Waals surface area contributed by atoms with Crippen LogP contribution < -0.4 is 0 Å². The van der Waals surface area contributed by atoms with Gasteiger partial charge in [0.25, 0.3) is 0 Å². The summed E-state index contributed by atoms with van der Waals surface area (Å²) in [5, 5.41) is 8.44. The van der Waals surface area contributed by atoms with Crippen molar-refractivity contribution in [1.29, 1.82) is 0 Å². The molecule has 1 aliphatic heterocycles. The second-order valence-corrected chi connectivity index (χ2v) is 3.76. The molecule has 0 aromatic rings. The molecule has 1 heterocycles. The lowest BCUT2D eigenvalue weighted by molar-refractivity contribution is -0.141. The Bertz CT molecular complexity index is 290. The number of carbonyl (C=O) groups excluding carboxylic acids is 2. The second kappa shape index (κ2) is 3.08. The molecule has 2 fully saturated rings. The largest absolute Gasteiger partial charge is 0.481 e. The first kappa shape index (κ1) is 9.18. The first-order chi connectivity index (χ1) is 6.61. The number of hydrogen-bond donors (Lipinski definition) is 1. The van der Waals surface area contributed by atoms with Crippen LogP contribution >= 0.6 is 0 Å².